The van der Waals surface area contributed by atoms with Crippen LogP contribution >= 0.6 is 0 Å². The molecule has 0 fully saturated rings. The molecule has 4 heteroatoms. The van der Waals surface area contributed by atoms with Crippen LogP contribution in [0.25, 0.3) is 0 Å². The zero-order valence-corrected chi connectivity index (χ0v) is 20.0. The Morgan fingerprint density at radius 3 is 1.16 bits per heavy atom. The maximum atomic E-state index is 6.71. The van der Waals surface area contributed by atoms with Gasteiger partial charge >= 0.3 is 196 Å². The average molecular weight is 460 g/mol. The Balaban J connectivity index is 1.78. The number of benzene rings is 4. The van der Waals surface area contributed by atoms with Crippen molar-refractivity contribution in [2.24, 2.45) is 0 Å². The predicted molar refractivity (Wildman–Crippen MR) is 125 cm³/mol. The Bertz CT molecular complexity index is 983. The molecule has 0 N–H and O–H groups in total. The van der Waals surface area contributed by atoms with Crippen LogP contribution in [0.3, 0.4) is 0 Å². The van der Waals surface area contributed by atoms with Crippen LogP contribution in [-0.2, 0) is 23.2 Å². The van der Waals surface area contributed by atoms with Gasteiger partial charge in [0.25, 0.3) is 0 Å². The molecule has 4 rings (SSSR count). The fraction of sp³-hybridized carbons (Fsp3) is 0.143. The second-order valence-electron chi connectivity index (χ2n) is 8.36. The summed E-state index contributed by atoms with van der Waals surface area (Å²) in [6, 6.07) is 40.0. The number of hydrogen-bond acceptors (Lipinski definition) is 3. The molecule has 0 amide bonds. The molecule has 0 aliphatic rings. The Kier molecular flexibility index (Phi) is 6.99. The Labute approximate surface area is 195 Å². The molecule has 0 aliphatic heterocycles. The van der Waals surface area contributed by atoms with Gasteiger partial charge in [0.05, 0.1) is 0 Å². The molecule has 0 atom stereocenters. The van der Waals surface area contributed by atoms with Crippen LogP contribution < -0.4 is 9.96 Å². The van der Waals surface area contributed by atoms with E-state index in [2.05, 4.69) is 38.1 Å². The second kappa shape index (κ2) is 10.1. The minimum absolute atomic E-state index is 0.223. The molecule has 0 saturated carbocycles. The van der Waals surface area contributed by atoms with Crippen LogP contribution in [0.4, 0.5) is 0 Å². The Morgan fingerprint density at radius 2 is 0.812 bits per heavy atom. The van der Waals surface area contributed by atoms with E-state index in [1.54, 1.807) is 0 Å². The van der Waals surface area contributed by atoms with E-state index < -0.39 is 17.8 Å². The first kappa shape index (κ1) is 22.2. The fourth-order valence-electron chi connectivity index (χ4n) is 3.71. The molecule has 0 aliphatic carbocycles. The minimum atomic E-state index is -4.01. The number of para-hydroxylation sites is 3. The van der Waals surface area contributed by atoms with E-state index in [0.29, 0.717) is 4.73 Å². The first-order valence-electron chi connectivity index (χ1n) is 10.8. The Morgan fingerprint density at radius 1 is 0.500 bits per heavy atom. The zero-order chi connectivity index (χ0) is 22.3. The predicted octanol–water partition coefficient (Wildman–Crippen LogP) is 7.52. The van der Waals surface area contributed by atoms with E-state index in [-0.39, 0.29) is 5.41 Å². The van der Waals surface area contributed by atoms with Crippen molar-refractivity contribution in [3.05, 3.63) is 127 Å². The normalized spacial score (nSPS) is 11.6. The van der Waals surface area contributed by atoms with E-state index >= 15 is 0 Å². The summed E-state index contributed by atoms with van der Waals surface area (Å²) in [6.45, 7) is 4.44. The van der Waals surface area contributed by atoms with Gasteiger partial charge in [-0.25, -0.2) is 0 Å². The van der Waals surface area contributed by atoms with Crippen LogP contribution in [-0.4, -0.2) is 0 Å². The van der Waals surface area contributed by atoms with E-state index in [1.165, 1.54) is 5.56 Å². The third kappa shape index (κ3) is 5.82. The van der Waals surface area contributed by atoms with Crippen LogP contribution in [0.1, 0.15) is 19.4 Å². The van der Waals surface area contributed by atoms with Gasteiger partial charge in [0.2, 0.25) is 0 Å². The van der Waals surface area contributed by atoms with Crippen molar-refractivity contribution >= 4 is 0 Å². The van der Waals surface area contributed by atoms with Crippen LogP contribution in [0.5, 0.6) is 17.2 Å². The summed E-state index contributed by atoms with van der Waals surface area (Å²) < 4.78 is 20.8. The van der Waals surface area contributed by atoms with Crippen LogP contribution in [0.15, 0.2) is 121 Å². The molecule has 0 spiro atoms. The topological polar surface area (TPSA) is 27.7 Å². The molecule has 0 saturated heterocycles. The van der Waals surface area contributed by atoms with E-state index in [0.717, 1.165) is 17.2 Å². The van der Waals surface area contributed by atoms with Gasteiger partial charge in [-0.15, -0.1) is 0 Å². The standard InChI is InChI=1S/C10H13.3C6H6O.Ti/c1-10(2,3)9-7-5-4-6-8-9;3*7-6-4-2-1-3-5-6;/h4-8H,1H2,2-3H3;3*1-5,7H;/q;;;;+3/p-3. The average Bonchev–Trinajstić information content (AvgIpc) is 2.81. The summed E-state index contributed by atoms with van der Waals surface area (Å²) in [5.41, 5.74) is 1.000. The van der Waals surface area contributed by atoms with E-state index in [1.807, 2.05) is 97.1 Å². The third-order valence-corrected chi connectivity index (χ3v) is 9.88. The van der Waals surface area contributed by atoms with Crippen molar-refractivity contribution in [3.63, 3.8) is 0 Å². The van der Waals surface area contributed by atoms with Crippen LogP contribution in [0, 0.1) is 0 Å². The SMILES string of the molecule is CC(C)([CH2][Ti]([O]c1ccccc1)([O]c1ccccc1)[O]c1ccccc1)c1ccccc1. The zero-order valence-electron chi connectivity index (χ0n) is 18.5. The Hall–Kier alpha value is -3.01. The summed E-state index contributed by atoms with van der Waals surface area (Å²) in [5.74, 6) is 2.26. The molecular weight excluding hydrogens is 432 g/mol. The third-order valence-electron chi connectivity index (χ3n) is 5.26. The molecule has 4 aromatic carbocycles. The second-order valence-corrected chi connectivity index (χ2v) is 12.0. The quantitative estimate of drug-likeness (QED) is 0.242. The van der Waals surface area contributed by atoms with Crippen molar-refractivity contribution < 1.29 is 27.7 Å². The number of rotatable bonds is 9. The van der Waals surface area contributed by atoms with Gasteiger partial charge in [-0.1, -0.05) is 0 Å². The van der Waals surface area contributed by atoms with Crippen molar-refractivity contribution in [2.75, 3.05) is 0 Å². The molecule has 0 heterocycles. The van der Waals surface area contributed by atoms with E-state index in [4.69, 9.17) is 9.96 Å². The van der Waals surface area contributed by atoms with Crippen LogP contribution in [0.2, 0.25) is 4.73 Å². The van der Waals surface area contributed by atoms with Gasteiger partial charge < -0.3 is 0 Å². The molecule has 32 heavy (non-hydrogen) atoms. The summed E-state index contributed by atoms with van der Waals surface area (Å²) in [5, 5.41) is 0. The summed E-state index contributed by atoms with van der Waals surface area (Å²) >= 11 is -4.01. The molecule has 0 bridgehead atoms. The molecule has 0 aromatic heterocycles. The van der Waals surface area contributed by atoms with Gasteiger partial charge in [-0.3, -0.25) is 0 Å². The van der Waals surface area contributed by atoms with Crippen molar-refractivity contribution in [1.29, 1.82) is 0 Å². The molecule has 162 valence electrons. The number of hydrogen-bond donors (Lipinski definition) is 0. The van der Waals surface area contributed by atoms with E-state index in [9.17, 15) is 0 Å². The first-order valence-corrected chi connectivity index (χ1v) is 13.8. The van der Waals surface area contributed by atoms with Gasteiger partial charge in [-0.2, -0.15) is 0 Å². The van der Waals surface area contributed by atoms with Crippen molar-refractivity contribution in [3.8, 4) is 17.2 Å². The molecule has 0 unspecified atom stereocenters. The molecular formula is C28H28O3Ti. The van der Waals surface area contributed by atoms with Crippen molar-refractivity contribution in [2.45, 2.75) is 24.0 Å². The first-order chi connectivity index (χ1) is 15.5. The molecule has 0 radical (unpaired) electrons. The van der Waals surface area contributed by atoms with Gasteiger partial charge in [0.1, 0.15) is 0 Å². The summed E-state index contributed by atoms with van der Waals surface area (Å²) in [6.07, 6.45) is 0. The fourth-order valence-corrected chi connectivity index (χ4v) is 8.57. The van der Waals surface area contributed by atoms with Gasteiger partial charge in [-0.05, 0) is 0 Å². The molecule has 3 nitrogen and oxygen atoms in total. The van der Waals surface area contributed by atoms with Gasteiger partial charge in [0, 0.05) is 0 Å². The summed E-state index contributed by atoms with van der Waals surface area (Å²) in [4.78, 5) is 0. The monoisotopic (exact) mass is 460 g/mol. The van der Waals surface area contributed by atoms with Crippen molar-refractivity contribution in [1.82, 2.24) is 0 Å². The maximum absolute atomic E-state index is 6.71. The van der Waals surface area contributed by atoms with Gasteiger partial charge in [0.15, 0.2) is 0 Å². The summed E-state index contributed by atoms with van der Waals surface area (Å²) in [7, 11) is 0. The molecule has 4 aromatic rings.